The molecule has 0 heterocycles. The van der Waals surface area contributed by atoms with Crippen LogP contribution in [0.4, 0.5) is 0 Å². The predicted octanol–water partition coefficient (Wildman–Crippen LogP) is 3.89. The molecule has 0 atom stereocenters. The van der Waals surface area contributed by atoms with E-state index in [1.54, 1.807) is 12.1 Å². The van der Waals surface area contributed by atoms with Crippen molar-refractivity contribution in [1.82, 2.24) is 0 Å². The first-order valence-electron chi connectivity index (χ1n) is 6.49. The average Bonchev–Trinajstić information content (AvgIpc) is 2.37. The van der Waals surface area contributed by atoms with Gasteiger partial charge >= 0.3 is 5.97 Å². The Balaban J connectivity index is 2.16. The number of aromatic carboxylic acids is 1. The van der Waals surface area contributed by atoms with Crippen LogP contribution in [-0.2, 0) is 6.61 Å². The monoisotopic (exact) mass is 270 g/mol. The minimum Gasteiger partial charge on any atom is -0.489 e. The minimum absolute atomic E-state index is 0.296. The molecule has 0 saturated carbocycles. The number of hydrogen-bond donors (Lipinski definition) is 1. The normalized spacial score (nSPS) is 10.3. The van der Waals surface area contributed by atoms with Gasteiger partial charge in [0.2, 0.25) is 0 Å². The fourth-order valence-corrected chi connectivity index (χ4v) is 2.19. The Morgan fingerprint density at radius 1 is 1.05 bits per heavy atom. The summed E-state index contributed by atoms with van der Waals surface area (Å²) in [7, 11) is 0. The van der Waals surface area contributed by atoms with Crippen molar-refractivity contribution in [2.75, 3.05) is 0 Å². The molecule has 0 aromatic heterocycles. The van der Waals surface area contributed by atoms with Crippen LogP contribution in [0.5, 0.6) is 5.75 Å². The van der Waals surface area contributed by atoms with Gasteiger partial charge < -0.3 is 9.84 Å². The lowest BCUT2D eigenvalue weighted by atomic mass is 10.1. The number of benzene rings is 2. The van der Waals surface area contributed by atoms with E-state index in [9.17, 15) is 4.79 Å². The van der Waals surface area contributed by atoms with Gasteiger partial charge in [-0.3, -0.25) is 0 Å². The summed E-state index contributed by atoms with van der Waals surface area (Å²) in [5.41, 5.74) is 4.35. The third-order valence-electron chi connectivity index (χ3n) is 3.11. The average molecular weight is 270 g/mol. The zero-order chi connectivity index (χ0) is 14.7. The van der Waals surface area contributed by atoms with Gasteiger partial charge in [0, 0.05) is 0 Å². The third-order valence-corrected chi connectivity index (χ3v) is 3.11. The van der Waals surface area contributed by atoms with Crippen molar-refractivity contribution in [3.05, 3.63) is 64.2 Å². The maximum absolute atomic E-state index is 11.0. The highest BCUT2D eigenvalue weighted by molar-refractivity contribution is 5.88. The molecule has 3 heteroatoms. The first-order valence-corrected chi connectivity index (χ1v) is 6.49. The molecule has 2 aromatic rings. The largest absolute Gasteiger partial charge is 0.489 e. The van der Waals surface area contributed by atoms with Crippen molar-refractivity contribution in [3.63, 3.8) is 0 Å². The van der Waals surface area contributed by atoms with E-state index in [4.69, 9.17) is 9.84 Å². The van der Waals surface area contributed by atoms with Crippen LogP contribution in [-0.4, -0.2) is 11.1 Å². The number of carboxylic acid groups (broad SMARTS) is 1. The quantitative estimate of drug-likeness (QED) is 0.916. The molecule has 0 fully saturated rings. The van der Waals surface area contributed by atoms with Crippen LogP contribution in [0, 0.1) is 20.8 Å². The van der Waals surface area contributed by atoms with Gasteiger partial charge in [-0.2, -0.15) is 0 Å². The molecule has 1 N–H and O–H groups in total. The second-order valence-electron chi connectivity index (χ2n) is 5.07. The lowest BCUT2D eigenvalue weighted by Gasteiger charge is -2.11. The highest BCUT2D eigenvalue weighted by Gasteiger charge is 2.06. The fraction of sp³-hybridized carbons (Fsp3) is 0.235. The first kappa shape index (κ1) is 14.1. The van der Waals surface area contributed by atoms with E-state index < -0.39 is 5.97 Å². The molecule has 0 radical (unpaired) electrons. The number of hydrogen-bond acceptors (Lipinski definition) is 2. The summed E-state index contributed by atoms with van der Waals surface area (Å²) in [5, 5.41) is 9.05. The molecule has 0 aliphatic carbocycles. The molecule has 2 rings (SSSR count). The van der Waals surface area contributed by atoms with E-state index in [0.717, 1.165) is 22.4 Å². The Morgan fingerprint density at radius 3 is 2.45 bits per heavy atom. The topological polar surface area (TPSA) is 46.5 Å². The van der Waals surface area contributed by atoms with E-state index in [1.807, 2.05) is 39.0 Å². The van der Waals surface area contributed by atoms with Gasteiger partial charge in [0.05, 0.1) is 5.56 Å². The van der Waals surface area contributed by atoms with E-state index in [1.165, 1.54) is 5.56 Å². The van der Waals surface area contributed by atoms with Crippen molar-refractivity contribution < 1.29 is 14.6 Å². The number of rotatable bonds is 4. The summed E-state index contributed by atoms with van der Waals surface area (Å²) < 4.78 is 5.77. The number of carboxylic acids is 1. The molecule has 20 heavy (non-hydrogen) atoms. The summed E-state index contributed by atoms with van der Waals surface area (Å²) in [4.78, 5) is 11.0. The highest BCUT2D eigenvalue weighted by Crippen LogP contribution is 2.20. The number of carbonyl (C=O) groups is 1. The zero-order valence-corrected chi connectivity index (χ0v) is 11.9. The van der Waals surface area contributed by atoms with Crippen molar-refractivity contribution in [2.45, 2.75) is 27.4 Å². The van der Waals surface area contributed by atoms with Crippen LogP contribution in [0.15, 0.2) is 36.4 Å². The summed E-state index contributed by atoms with van der Waals surface area (Å²) >= 11 is 0. The molecule has 0 aliphatic heterocycles. The smallest absolute Gasteiger partial charge is 0.335 e. The first-order chi connectivity index (χ1) is 9.45. The van der Waals surface area contributed by atoms with Crippen molar-refractivity contribution in [2.24, 2.45) is 0 Å². The lowest BCUT2D eigenvalue weighted by molar-refractivity contribution is 0.0696. The zero-order valence-electron chi connectivity index (χ0n) is 11.9. The molecular weight excluding hydrogens is 252 g/mol. The fourth-order valence-electron chi connectivity index (χ4n) is 2.19. The second kappa shape index (κ2) is 5.78. The van der Waals surface area contributed by atoms with Crippen LogP contribution in [0.1, 0.15) is 32.6 Å². The maximum atomic E-state index is 11.0. The van der Waals surface area contributed by atoms with Crippen LogP contribution >= 0.6 is 0 Å². The lowest BCUT2D eigenvalue weighted by Crippen LogP contribution is -2.02. The molecule has 3 nitrogen and oxygen atoms in total. The molecule has 0 amide bonds. The van der Waals surface area contributed by atoms with Gasteiger partial charge in [-0.05, 0) is 55.7 Å². The number of ether oxygens (including phenoxy) is 1. The molecule has 0 spiro atoms. The molecular formula is C17H18O3. The van der Waals surface area contributed by atoms with E-state index >= 15 is 0 Å². The van der Waals surface area contributed by atoms with Gasteiger partial charge in [0.1, 0.15) is 12.4 Å². The van der Waals surface area contributed by atoms with Crippen LogP contribution in [0.2, 0.25) is 0 Å². The number of aryl methyl sites for hydroxylation is 3. The van der Waals surface area contributed by atoms with E-state index in [0.29, 0.717) is 12.2 Å². The van der Waals surface area contributed by atoms with Crippen molar-refractivity contribution in [3.8, 4) is 5.75 Å². The Hall–Kier alpha value is -2.29. The van der Waals surface area contributed by atoms with Gasteiger partial charge in [-0.15, -0.1) is 0 Å². The van der Waals surface area contributed by atoms with Crippen LogP contribution < -0.4 is 4.74 Å². The Morgan fingerprint density at radius 2 is 1.80 bits per heavy atom. The molecule has 0 unspecified atom stereocenters. The molecule has 0 bridgehead atoms. The third kappa shape index (κ3) is 3.38. The highest BCUT2D eigenvalue weighted by atomic mass is 16.5. The van der Waals surface area contributed by atoms with Crippen molar-refractivity contribution in [1.29, 1.82) is 0 Å². The maximum Gasteiger partial charge on any atom is 0.335 e. The minimum atomic E-state index is -0.915. The van der Waals surface area contributed by atoms with Gasteiger partial charge in [0.25, 0.3) is 0 Å². The second-order valence-corrected chi connectivity index (χ2v) is 5.07. The molecule has 0 aliphatic rings. The van der Waals surface area contributed by atoms with E-state index in [2.05, 4.69) is 6.07 Å². The predicted molar refractivity (Wildman–Crippen MR) is 78.4 cm³/mol. The van der Waals surface area contributed by atoms with Crippen LogP contribution in [0.3, 0.4) is 0 Å². The van der Waals surface area contributed by atoms with Crippen LogP contribution in [0.25, 0.3) is 0 Å². The van der Waals surface area contributed by atoms with Crippen molar-refractivity contribution >= 4 is 5.97 Å². The Bertz CT molecular complexity index is 645. The van der Waals surface area contributed by atoms with E-state index in [-0.39, 0.29) is 0 Å². The summed E-state index contributed by atoms with van der Waals surface area (Å²) in [5.74, 6) is -0.0875. The Labute approximate surface area is 118 Å². The van der Waals surface area contributed by atoms with Gasteiger partial charge in [0.15, 0.2) is 0 Å². The molecule has 104 valence electrons. The molecule has 0 saturated heterocycles. The Kier molecular flexibility index (Phi) is 4.08. The summed E-state index contributed by atoms with van der Waals surface area (Å²) in [6.45, 7) is 6.29. The summed E-state index contributed by atoms with van der Waals surface area (Å²) in [6, 6.07) is 11.3. The molecule has 2 aromatic carbocycles. The SMILES string of the molecule is Cc1cc(COc2ccc(C)cc2C)cc(C(=O)O)c1. The van der Waals surface area contributed by atoms with Gasteiger partial charge in [-0.25, -0.2) is 4.79 Å². The summed E-state index contributed by atoms with van der Waals surface area (Å²) in [6.07, 6.45) is 0. The van der Waals surface area contributed by atoms with Gasteiger partial charge in [-0.1, -0.05) is 23.8 Å². The standard InChI is InChI=1S/C17H18O3/c1-11-4-5-16(13(3)6-11)20-10-14-7-12(2)8-15(9-14)17(18)19/h4-9H,10H2,1-3H3,(H,18,19).